The third-order valence-corrected chi connectivity index (χ3v) is 2.68. The smallest absolute Gasteiger partial charge is 0.129 e. The molecule has 0 heterocycles. The summed E-state index contributed by atoms with van der Waals surface area (Å²) < 4.78 is 13.4. The van der Waals surface area contributed by atoms with Gasteiger partial charge in [-0.05, 0) is 44.4 Å². The summed E-state index contributed by atoms with van der Waals surface area (Å²) in [5.74, 6) is -0.133. The van der Waals surface area contributed by atoms with Gasteiger partial charge in [0.1, 0.15) is 5.82 Å². The monoisotopic (exact) mass is 225 g/mol. The molecule has 1 unspecified atom stereocenters. The average Bonchev–Trinajstić information content (AvgIpc) is 2.21. The van der Waals surface area contributed by atoms with Crippen LogP contribution in [0, 0.1) is 19.7 Å². The maximum atomic E-state index is 13.4. The Bertz CT molecular complexity index is 340. The number of rotatable bonds is 4. The zero-order chi connectivity index (χ0) is 12.3. The van der Waals surface area contributed by atoms with Gasteiger partial charge in [0.25, 0.3) is 0 Å². The molecular formula is C13H20FNO. The number of hydrogen-bond donors (Lipinski definition) is 2. The van der Waals surface area contributed by atoms with E-state index in [0.717, 1.165) is 5.56 Å². The van der Waals surface area contributed by atoms with Crippen molar-refractivity contribution in [2.45, 2.75) is 39.8 Å². The number of aryl methyl sites for hydroxylation is 2. The molecule has 0 aromatic heterocycles. The molecule has 3 heteroatoms. The molecule has 1 rings (SSSR count). The fourth-order valence-electron chi connectivity index (χ4n) is 1.69. The van der Waals surface area contributed by atoms with Crippen LogP contribution in [0.25, 0.3) is 0 Å². The fourth-order valence-corrected chi connectivity index (χ4v) is 1.69. The van der Waals surface area contributed by atoms with E-state index in [1.807, 2.05) is 19.1 Å². The lowest BCUT2D eigenvalue weighted by Crippen LogP contribution is -2.27. The van der Waals surface area contributed by atoms with Crippen LogP contribution in [0.15, 0.2) is 12.1 Å². The summed E-state index contributed by atoms with van der Waals surface area (Å²) in [5, 5.41) is 12.4. The van der Waals surface area contributed by atoms with Gasteiger partial charge in [-0.2, -0.15) is 0 Å². The summed E-state index contributed by atoms with van der Waals surface area (Å²) in [6.07, 6.45) is -0.370. The van der Waals surface area contributed by atoms with E-state index in [1.54, 1.807) is 20.8 Å². The van der Waals surface area contributed by atoms with E-state index in [-0.39, 0.29) is 18.0 Å². The highest BCUT2D eigenvalue weighted by atomic mass is 19.1. The predicted molar refractivity (Wildman–Crippen MR) is 64.0 cm³/mol. The molecule has 1 aromatic carbocycles. The molecule has 16 heavy (non-hydrogen) atoms. The predicted octanol–water partition coefficient (Wildman–Crippen LogP) is 2.47. The van der Waals surface area contributed by atoms with E-state index < -0.39 is 0 Å². The molecule has 0 saturated heterocycles. The number of aliphatic hydroxyl groups is 1. The summed E-state index contributed by atoms with van der Waals surface area (Å²) in [4.78, 5) is 0. The molecule has 2 atom stereocenters. The maximum absolute atomic E-state index is 13.4. The van der Waals surface area contributed by atoms with Crippen LogP contribution in [0.5, 0.6) is 0 Å². The summed E-state index contributed by atoms with van der Waals surface area (Å²) in [6, 6.07) is 3.82. The molecule has 0 fully saturated rings. The molecule has 0 amide bonds. The minimum absolute atomic E-state index is 0.118. The number of halogens is 1. The molecule has 2 N–H and O–H groups in total. The van der Waals surface area contributed by atoms with Crippen LogP contribution in [0.3, 0.4) is 0 Å². The third-order valence-electron chi connectivity index (χ3n) is 2.68. The van der Waals surface area contributed by atoms with Crippen LogP contribution < -0.4 is 5.32 Å². The van der Waals surface area contributed by atoms with Crippen molar-refractivity contribution in [3.05, 3.63) is 34.6 Å². The standard InChI is InChI=1S/C13H20FNO/c1-8-5-12(6-9(2)13(8)14)11(4)15-7-10(3)16/h5-6,10-11,15-16H,7H2,1-4H3/t10-,11?/m1/s1. The molecule has 2 nitrogen and oxygen atoms in total. The lowest BCUT2D eigenvalue weighted by atomic mass is 10.0. The molecule has 1 aromatic rings. The second-order valence-corrected chi connectivity index (χ2v) is 4.45. The van der Waals surface area contributed by atoms with E-state index in [4.69, 9.17) is 0 Å². The van der Waals surface area contributed by atoms with Crippen LogP contribution in [0.2, 0.25) is 0 Å². The van der Waals surface area contributed by atoms with Crippen molar-refractivity contribution in [1.29, 1.82) is 0 Å². The second kappa shape index (κ2) is 5.41. The average molecular weight is 225 g/mol. The summed E-state index contributed by atoms with van der Waals surface area (Å²) >= 11 is 0. The van der Waals surface area contributed by atoms with Gasteiger partial charge in [-0.15, -0.1) is 0 Å². The van der Waals surface area contributed by atoms with Crippen LogP contribution in [-0.4, -0.2) is 17.8 Å². The maximum Gasteiger partial charge on any atom is 0.129 e. The van der Waals surface area contributed by atoms with Crippen molar-refractivity contribution < 1.29 is 9.50 Å². The van der Waals surface area contributed by atoms with Gasteiger partial charge in [0, 0.05) is 12.6 Å². The largest absolute Gasteiger partial charge is 0.392 e. The number of benzene rings is 1. The molecule has 0 spiro atoms. The third kappa shape index (κ3) is 3.29. The molecule has 0 aliphatic carbocycles. The number of nitrogens with one attached hydrogen (secondary N) is 1. The van der Waals surface area contributed by atoms with Gasteiger partial charge in [-0.1, -0.05) is 12.1 Å². The van der Waals surface area contributed by atoms with Gasteiger partial charge in [0.2, 0.25) is 0 Å². The quantitative estimate of drug-likeness (QED) is 0.825. The highest BCUT2D eigenvalue weighted by molar-refractivity contribution is 5.32. The minimum atomic E-state index is -0.370. The van der Waals surface area contributed by atoms with Crippen molar-refractivity contribution in [2.24, 2.45) is 0 Å². The number of aliphatic hydroxyl groups excluding tert-OH is 1. The molecule has 0 bridgehead atoms. The van der Waals surface area contributed by atoms with Crippen molar-refractivity contribution in [3.63, 3.8) is 0 Å². The van der Waals surface area contributed by atoms with Gasteiger partial charge >= 0.3 is 0 Å². The molecular weight excluding hydrogens is 205 g/mol. The highest BCUT2D eigenvalue weighted by Crippen LogP contribution is 2.19. The first-order chi connectivity index (χ1) is 7.41. The Morgan fingerprint density at radius 3 is 2.19 bits per heavy atom. The lowest BCUT2D eigenvalue weighted by Gasteiger charge is -2.17. The number of hydrogen-bond acceptors (Lipinski definition) is 2. The first-order valence-corrected chi connectivity index (χ1v) is 5.60. The first kappa shape index (κ1) is 13.1. The Hall–Kier alpha value is -0.930. The highest BCUT2D eigenvalue weighted by Gasteiger charge is 2.10. The molecule has 0 saturated carbocycles. The van der Waals surface area contributed by atoms with E-state index in [1.165, 1.54) is 0 Å². The van der Waals surface area contributed by atoms with Crippen LogP contribution in [0.4, 0.5) is 4.39 Å². The van der Waals surface area contributed by atoms with E-state index in [9.17, 15) is 9.50 Å². The summed E-state index contributed by atoms with van der Waals surface area (Å²) in [5.41, 5.74) is 2.39. The topological polar surface area (TPSA) is 32.3 Å². The summed E-state index contributed by atoms with van der Waals surface area (Å²) in [6.45, 7) is 7.83. The Labute approximate surface area is 96.5 Å². The summed E-state index contributed by atoms with van der Waals surface area (Å²) in [7, 11) is 0. The van der Waals surface area contributed by atoms with E-state index >= 15 is 0 Å². The zero-order valence-electron chi connectivity index (χ0n) is 10.3. The minimum Gasteiger partial charge on any atom is -0.392 e. The Kier molecular flexibility index (Phi) is 4.44. The SMILES string of the molecule is Cc1cc(C(C)NC[C@@H](C)O)cc(C)c1F. The Balaban J connectivity index is 2.80. The molecule has 0 aliphatic heterocycles. The van der Waals surface area contributed by atoms with Crippen LogP contribution in [-0.2, 0) is 0 Å². The van der Waals surface area contributed by atoms with Gasteiger partial charge < -0.3 is 10.4 Å². The van der Waals surface area contributed by atoms with Crippen molar-refractivity contribution in [3.8, 4) is 0 Å². The molecule has 0 aliphatic rings. The van der Waals surface area contributed by atoms with Gasteiger partial charge in [0.05, 0.1) is 6.10 Å². The van der Waals surface area contributed by atoms with E-state index in [0.29, 0.717) is 17.7 Å². The van der Waals surface area contributed by atoms with Crippen LogP contribution >= 0.6 is 0 Å². The van der Waals surface area contributed by atoms with Gasteiger partial charge in [-0.3, -0.25) is 0 Å². The Morgan fingerprint density at radius 2 is 1.75 bits per heavy atom. The fraction of sp³-hybridized carbons (Fsp3) is 0.538. The zero-order valence-corrected chi connectivity index (χ0v) is 10.3. The molecule has 90 valence electrons. The van der Waals surface area contributed by atoms with Crippen molar-refractivity contribution >= 4 is 0 Å². The Morgan fingerprint density at radius 1 is 1.25 bits per heavy atom. The lowest BCUT2D eigenvalue weighted by molar-refractivity contribution is 0.187. The van der Waals surface area contributed by atoms with Gasteiger partial charge in [-0.25, -0.2) is 4.39 Å². The second-order valence-electron chi connectivity index (χ2n) is 4.45. The van der Waals surface area contributed by atoms with Crippen molar-refractivity contribution in [1.82, 2.24) is 5.32 Å². The van der Waals surface area contributed by atoms with Crippen LogP contribution in [0.1, 0.15) is 36.6 Å². The van der Waals surface area contributed by atoms with Crippen molar-refractivity contribution in [2.75, 3.05) is 6.54 Å². The molecule has 0 radical (unpaired) electrons. The normalized spacial score (nSPS) is 14.9. The first-order valence-electron chi connectivity index (χ1n) is 5.60. The van der Waals surface area contributed by atoms with Gasteiger partial charge in [0.15, 0.2) is 0 Å². The van der Waals surface area contributed by atoms with E-state index in [2.05, 4.69) is 5.32 Å².